The largest absolute Gasteiger partial charge is 0.506 e. The molecule has 0 saturated carbocycles. The number of pyridine rings is 2. The van der Waals surface area contributed by atoms with E-state index in [0.717, 1.165) is 41.1 Å². The SMILES string of the molecule is CC1CCCN(c2ccc(-c3ncc(NCc4cnc5ccccc5c4)cc3O)nn2)C1. The van der Waals surface area contributed by atoms with Crippen molar-refractivity contribution in [2.24, 2.45) is 5.92 Å². The summed E-state index contributed by atoms with van der Waals surface area (Å²) in [6.45, 7) is 4.86. The molecule has 1 fully saturated rings. The minimum atomic E-state index is 0.0697. The van der Waals surface area contributed by atoms with Crippen LogP contribution in [-0.4, -0.2) is 38.4 Å². The Labute approximate surface area is 187 Å². The number of aromatic nitrogens is 4. The van der Waals surface area contributed by atoms with Gasteiger partial charge in [0.2, 0.25) is 0 Å². The van der Waals surface area contributed by atoms with Crippen molar-refractivity contribution < 1.29 is 5.11 Å². The number of nitrogens with one attached hydrogen (secondary N) is 1. The van der Waals surface area contributed by atoms with E-state index < -0.39 is 0 Å². The van der Waals surface area contributed by atoms with Crippen molar-refractivity contribution in [3.63, 3.8) is 0 Å². The molecule has 4 heterocycles. The molecular formula is C25H26N6O. The second-order valence-corrected chi connectivity index (χ2v) is 8.45. The van der Waals surface area contributed by atoms with Crippen LogP contribution in [0.3, 0.4) is 0 Å². The number of anilines is 2. The molecule has 0 amide bonds. The smallest absolute Gasteiger partial charge is 0.151 e. The van der Waals surface area contributed by atoms with Gasteiger partial charge in [-0.3, -0.25) is 4.98 Å². The van der Waals surface area contributed by atoms with Gasteiger partial charge in [-0.05, 0) is 48.6 Å². The fourth-order valence-electron chi connectivity index (χ4n) is 4.18. The molecule has 1 aromatic carbocycles. The number of aromatic hydroxyl groups is 1. The highest BCUT2D eigenvalue weighted by atomic mass is 16.3. The number of rotatable bonds is 5. The maximum atomic E-state index is 10.5. The highest BCUT2D eigenvalue weighted by molar-refractivity contribution is 5.78. The molecule has 1 atom stereocenters. The molecular weight excluding hydrogens is 400 g/mol. The summed E-state index contributed by atoms with van der Waals surface area (Å²) in [6.07, 6.45) is 6.00. The third-order valence-electron chi connectivity index (χ3n) is 5.89. The fourth-order valence-corrected chi connectivity index (χ4v) is 4.18. The highest BCUT2D eigenvalue weighted by Crippen LogP contribution is 2.29. The van der Waals surface area contributed by atoms with E-state index >= 15 is 0 Å². The van der Waals surface area contributed by atoms with Gasteiger partial charge in [-0.2, -0.15) is 0 Å². The molecule has 0 radical (unpaired) electrons. The van der Waals surface area contributed by atoms with Gasteiger partial charge in [0.05, 0.1) is 17.4 Å². The first-order valence-corrected chi connectivity index (χ1v) is 11.0. The molecule has 5 rings (SSSR count). The van der Waals surface area contributed by atoms with Gasteiger partial charge in [-0.25, -0.2) is 4.98 Å². The molecule has 2 N–H and O–H groups in total. The van der Waals surface area contributed by atoms with Gasteiger partial charge in [0.15, 0.2) is 5.82 Å². The molecule has 0 aliphatic carbocycles. The van der Waals surface area contributed by atoms with Crippen LogP contribution in [0.4, 0.5) is 11.5 Å². The first-order valence-electron chi connectivity index (χ1n) is 11.0. The van der Waals surface area contributed by atoms with Crippen molar-refractivity contribution in [3.8, 4) is 17.1 Å². The van der Waals surface area contributed by atoms with Crippen LogP contribution in [0.5, 0.6) is 5.75 Å². The Bertz CT molecular complexity index is 1230. The Morgan fingerprint density at radius 1 is 1.06 bits per heavy atom. The van der Waals surface area contributed by atoms with Crippen LogP contribution < -0.4 is 10.2 Å². The minimum absolute atomic E-state index is 0.0697. The van der Waals surface area contributed by atoms with E-state index in [2.05, 4.69) is 43.4 Å². The Morgan fingerprint density at radius 3 is 2.78 bits per heavy atom. The van der Waals surface area contributed by atoms with E-state index in [1.807, 2.05) is 42.6 Å². The molecule has 1 unspecified atom stereocenters. The summed E-state index contributed by atoms with van der Waals surface area (Å²) in [7, 11) is 0. The van der Waals surface area contributed by atoms with Gasteiger partial charge in [0.1, 0.15) is 17.1 Å². The lowest BCUT2D eigenvalue weighted by atomic mass is 10.0. The van der Waals surface area contributed by atoms with E-state index in [-0.39, 0.29) is 5.75 Å². The Hall–Kier alpha value is -3.74. The van der Waals surface area contributed by atoms with Crippen molar-refractivity contribution in [2.45, 2.75) is 26.3 Å². The van der Waals surface area contributed by atoms with Crippen LogP contribution in [0.25, 0.3) is 22.3 Å². The van der Waals surface area contributed by atoms with E-state index in [1.165, 1.54) is 12.8 Å². The number of hydrogen-bond acceptors (Lipinski definition) is 7. The standard InChI is InChI=1S/C25H26N6O/c1-17-5-4-10-31(16-17)24-9-8-22(29-30-24)25-23(32)12-20(15-28-25)26-13-18-11-19-6-2-3-7-21(19)27-14-18/h2-3,6-9,11-12,14-15,17,26,32H,4-5,10,13,16H2,1H3. The monoisotopic (exact) mass is 426 g/mol. The van der Waals surface area contributed by atoms with Crippen LogP contribution in [0.15, 0.2) is 60.9 Å². The summed E-state index contributed by atoms with van der Waals surface area (Å²) in [5, 5.41) is 23.6. The Morgan fingerprint density at radius 2 is 1.97 bits per heavy atom. The van der Waals surface area contributed by atoms with Crippen molar-refractivity contribution in [1.29, 1.82) is 0 Å². The summed E-state index contributed by atoms with van der Waals surface area (Å²) >= 11 is 0. The number of fused-ring (bicyclic) bond motifs is 1. The maximum absolute atomic E-state index is 10.5. The zero-order valence-corrected chi connectivity index (χ0v) is 18.1. The first kappa shape index (κ1) is 20.2. The first-order chi connectivity index (χ1) is 15.7. The Kier molecular flexibility index (Phi) is 5.54. The number of nitrogens with zero attached hydrogens (tertiary/aromatic N) is 5. The Balaban J connectivity index is 1.27. The van der Waals surface area contributed by atoms with E-state index in [9.17, 15) is 5.11 Å². The molecule has 0 bridgehead atoms. The highest BCUT2D eigenvalue weighted by Gasteiger charge is 2.18. The lowest BCUT2D eigenvalue weighted by molar-refractivity contribution is 0.443. The molecule has 3 aromatic heterocycles. The summed E-state index contributed by atoms with van der Waals surface area (Å²) in [6, 6.07) is 15.6. The molecule has 7 nitrogen and oxygen atoms in total. The van der Waals surface area contributed by atoms with Gasteiger partial charge < -0.3 is 15.3 Å². The van der Waals surface area contributed by atoms with Crippen LogP contribution in [0.2, 0.25) is 0 Å². The zero-order valence-electron chi connectivity index (χ0n) is 18.1. The molecule has 1 aliphatic heterocycles. The normalized spacial score (nSPS) is 16.3. The lowest BCUT2D eigenvalue weighted by Gasteiger charge is -2.31. The van der Waals surface area contributed by atoms with Gasteiger partial charge in [-0.1, -0.05) is 25.1 Å². The van der Waals surface area contributed by atoms with Crippen LogP contribution in [-0.2, 0) is 6.54 Å². The molecule has 32 heavy (non-hydrogen) atoms. The predicted octanol–water partition coefficient (Wildman–Crippen LogP) is 4.64. The quantitative estimate of drug-likeness (QED) is 0.481. The second-order valence-electron chi connectivity index (χ2n) is 8.45. The van der Waals surface area contributed by atoms with E-state index in [1.54, 1.807) is 12.3 Å². The van der Waals surface area contributed by atoms with Gasteiger partial charge in [-0.15, -0.1) is 10.2 Å². The van der Waals surface area contributed by atoms with Gasteiger partial charge in [0, 0.05) is 37.3 Å². The summed E-state index contributed by atoms with van der Waals surface area (Å²) in [5.74, 6) is 1.61. The van der Waals surface area contributed by atoms with E-state index in [0.29, 0.717) is 23.9 Å². The average Bonchev–Trinajstić information content (AvgIpc) is 2.83. The number of para-hydroxylation sites is 1. The van der Waals surface area contributed by atoms with Crippen molar-refractivity contribution in [1.82, 2.24) is 20.2 Å². The molecule has 1 aliphatic rings. The second kappa shape index (κ2) is 8.78. The topological polar surface area (TPSA) is 87.1 Å². The van der Waals surface area contributed by atoms with Crippen LogP contribution >= 0.6 is 0 Å². The number of benzene rings is 1. The molecule has 4 aromatic rings. The van der Waals surface area contributed by atoms with Crippen LogP contribution in [0.1, 0.15) is 25.3 Å². The predicted molar refractivity (Wildman–Crippen MR) is 127 cm³/mol. The van der Waals surface area contributed by atoms with Crippen molar-refractivity contribution in [3.05, 3.63) is 66.5 Å². The zero-order chi connectivity index (χ0) is 21.9. The van der Waals surface area contributed by atoms with Crippen LogP contribution in [0, 0.1) is 5.92 Å². The lowest BCUT2D eigenvalue weighted by Crippen LogP contribution is -2.34. The average molecular weight is 427 g/mol. The summed E-state index contributed by atoms with van der Waals surface area (Å²) in [5.41, 5.74) is 3.74. The third-order valence-corrected chi connectivity index (χ3v) is 5.89. The molecule has 162 valence electrons. The van der Waals surface area contributed by atoms with Crippen molar-refractivity contribution in [2.75, 3.05) is 23.3 Å². The molecule has 7 heteroatoms. The van der Waals surface area contributed by atoms with Gasteiger partial charge >= 0.3 is 0 Å². The maximum Gasteiger partial charge on any atom is 0.151 e. The number of piperidine rings is 1. The molecule has 1 saturated heterocycles. The van der Waals surface area contributed by atoms with E-state index in [4.69, 9.17) is 0 Å². The molecule has 0 spiro atoms. The summed E-state index contributed by atoms with van der Waals surface area (Å²) < 4.78 is 0. The number of hydrogen-bond donors (Lipinski definition) is 2. The van der Waals surface area contributed by atoms with Gasteiger partial charge in [0.25, 0.3) is 0 Å². The minimum Gasteiger partial charge on any atom is -0.506 e. The summed E-state index contributed by atoms with van der Waals surface area (Å²) in [4.78, 5) is 11.2. The van der Waals surface area contributed by atoms with Crippen molar-refractivity contribution >= 4 is 22.4 Å². The fraction of sp³-hybridized carbons (Fsp3) is 0.280. The third kappa shape index (κ3) is 4.32.